The largest absolute Gasteiger partial charge is 0.483 e. The van der Waals surface area contributed by atoms with Crippen LogP contribution in [0.1, 0.15) is 22.0 Å². The van der Waals surface area contributed by atoms with Crippen LogP contribution in [0.5, 0.6) is 0 Å². The number of carbonyl (C=O) groups is 2. The maximum absolute atomic E-state index is 11.7. The van der Waals surface area contributed by atoms with Crippen molar-refractivity contribution in [3.63, 3.8) is 0 Å². The second-order valence-electron chi connectivity index (χ2n) is 5.33. The van der Waals surface area contributed by atoms with E-state index in [1.165, 1.54) is 0 Å². The molecule has 0 bridgehead atoms. The Bertz CT molecular complexity index is 510. The van der Waals surface area contributed by atoms with E-state index in [2.05, 4.69) is 28.2 Å². The number of rotatable bonds is 4. The number of hydrogen-bond acceptors (Lipinski definition) is 5. The predicted molar refractivity (Wildman–Crippen MR) is 87.4 cm³/mol. The van der Waals surface area contributed by atoms with Gasteiger partial charge in [-0.1, -0.05) is 12.1 Å². The highest BCUT2D eigenvalue weighted by molar-refractivity contribution is 5.94. The molecule has 1 aromatic carbocycles. The van der Waals surface area contributed by atoms with Gasteiger partial charge in [-0.3, -0.25) is 19.4 Å². The lowest BCUT2D eigenvalue weighted by Gasteiger charge is -2.39. The number of β-amino-alcohol motifs (C(OH)–C–C–N with tert-alkyl or cyclic N) is 1. The molecule has 0 spiro atoms. The Balaban J connectivity index is 0.000000816. The van der Waals surface area contributed by atoms with E-state index in [0.717, 1.165) is 25.2 Å². The van der Waals surface area contributed by atoms with E-state index in [1.54, 1.807) is 7.05 Å². The first kappa shape index (κ1) is 19.1. The summed E-state index contributed by atoms with van der Waals surface area (Å²) in [5, 5.41) is 18.6. The number of likely N-dealkylation sites (N-methyl/N-ethyl adjacent to an activating group) is 1. The number of amides is 1. The van der Waals surface area contributed by atoms with Crippen LogP contribution in [0.2, 0.25) is 0 Å². The normalized spacial score (nSPS) is 18.7. The number of nitrogens with one attached hydrogen (secondary N) is 1. The van der Waals surface area contributed by atoms with Crippen molar-refractivity contribution in [2.75, 3.05) is 46.9 Å². The summed E-state index contributed by atoms with van der Waals surface area (Å²) in [5.74, 6) is -0.0578. The number of nitrogens with zero attached hydrogens (tertiary/aromatic N) is 2. The quantitative estimate of drug-likeness (QED) is 0.677. The first-order valence-corrected chi connectivity index (χ1v) is 7.50. The Morgan fingerprint density at radius 3 is 2.74 bits per heavy atom. The van der Waals surface area contributed by atoms with E-state index >= 15 is 0 Å². The van der Waals surface area contributed by atoms with Gasteiger partial charge in [-0.2, -0.15) is 0 Å². The van der Waals surface area contributed by atoms with Crippen LogP contribution in [0.3, 0.4) is 0 Å². The Kier molecular flexibility index (Phi) is 8.25. The number of aliphatic hydroxyl groups excluding tert-OH is 1. The molecule has 0 saturated carbocycles. The van der Waals surface area contributed by atoms with Crippen molar-refractivity contribution in [1.29, 1.82) is 0 Å². The first-order chi connectivity index (χ1) is 11.1. The highest BCUT2D eigenvalue weighted by Gasteiger charge is 2.25. The molecule has 0 radical (unpaired) electrons. The lowest BCUT2D eigenvalue weighted by Crippen LogP contribution is -2.47. The van der Waals surface area contributed by atoms with Gasteiger partial charge in [0.25, 0.3) is 12.4 Å². The third-order valence-electron chi connectivity index (χ3n) is 3.91. The summed E-state index contributed by atoms with van der Waals surface area (Å²) < 4.78 is 0. The highest BCUT2D eigenvalue weighted by atomic mass is 16.3. The molecule has 1 fully saturated rings. The Labute approximate surface area is 136 Å². The second-order valence-corrected chi connectivity index (χ2v) is 5.33. The molecule has 0 aliphatic carbocycles. The van der Waals surface area contributed by atoms with Crippen molar-refractivity contribution in [2.24, 2.45) is 0 Å². The van der Waals surface area contributed by atoms with Crippen molar-refractivity contribution in [1.82, 2.24) is 15.1 Å². The third-order valence-corrected chi connectivity index (χ3v) is 3.91. The number of hydrogen-bond donors (Lipinski definition) is 3. The molecule has 1 aliphatic heterocycles. The molecule has 1 aliphatic rings. The van der Waals surface area contributed by atoms with Gasteiger partial charge < -0.3 is 15.5 Å². The van der Waals surface area contributed by atoms with Crippen molar-refractivity contribution >= 4 is 12.4 Å². The molecular weight excluding hydrogens is 298 g/mol. The van der Waals surface area contributed by atoms with Crippen LogP contribution in [-0.4, -0.2) is 79.3 Å². The molecule has 1 saturated heterocycles. The van der Waals surface area contributed by atoms with E-state index < -0.39 is 0 Å². The lowest BCUT2D eigenvalue weighted by atomic mass is 10.00. The summed E-state index contributed by atoms with van der Waals surface area (Å²) in [7, 11) is 3.75. The minimum Gasteiger partial charge on any atom is -0.483 e. The van der Waals surface area contributed by atoms with Crippen LogP contribution in [0.4, 0.5) is 0 Å². The molecule has 1 atom stereocenters. The average Bonchev–Trinajstić information content (AvgIpc) is 2.57. The van der Waals surface area contributed by atoms with Crippen LogP contribution in [0.15, 0.2) is 24.3 Å². The molecule has 0 aromatic heterocycles. The van der Waals surface area contributed by atoms with Gasteiger partial charge in [-0.05, 0) is 24.7 Å². The Morgan fingerprint density at radius 1 is 1.43 bits per heavy atom. The predicted octanol–water partition coefficient (Wildman–Crippen LogP) is 0.0278. The Morgan fingerprint density at radius 2 is 2.13 bits per heavy atom. The van der Waals surface area contributed by atoms with Gasteiger partial charge in [0.1, 0.15) is 0 Å². The molecule has 128 valence electrons. The molecule has 3 N–H and O–H groups in total. The topological polar surface area (TPSA) is 93.1 Å². The van der Waals surface area contributed by atoms with Crippen molar-refractivity contribution in [3.8, 4) is 0 Å². The smallest absolute Gasteiger partial charge is 0.290 e. The van der Waals surface area contributed by atoms with Gasteiger partial charge in [-0.15, -0.1) is 0 Å². The van der Waals surface area contributed by atoms with Gasteiger partial charge in [-0.25, -0.2) is 0 Å². The van der Waals surface area contributed by atoms with E-state index in [0.29, 0.717) is 12.1 Å². The van der Waals surface area contributed by atoms with Crippen molar-refractivity contribution in [3.05, 3.63) is 35.4 Å². The zero-order chi connectivity index (χ0) is 17.2. The van der Waals surface area contributed by atoms with Crippen LogP contribution in [0.25, 0.3) is 0 Å². The minimum atomic E-state index is -0.250. The fraction of sp³-hybridized carbons (Fsp3) is 0.500. The van der Waals surface area contributed by atoms with Crippen LogP contribution in [0, 0.1) is 0 Å². The van der Waals surface area contributed by atoms with Crippen LogP contribution in [-0.2, 0) is 4.79 Å². The molecular formula is C16H25N3O4. The molecule has 1 unspecified atom stereocenters. The third kappa shape index (κ3) is 5.63. The van der Waals surface area contributed by atoms with Gasteiger partial charge in [0.05, 0.1) is 6.61 Å². The summed E-state index contributed by atoms with van der Waals surface area (Å²) in [6.45, 7) is 3.47. The number of benzene rings is 1. The number of carboxylic acid groups (broad SMARTS) is 1. The van der Waals surface area contributed by atoms with E-state index in [9.17, 15) is 4.79 Å². The number of piperazine rings is 1. The standard InChI is InChI=1S/C15H23N3O2.CH2O2/c1-16-15(20)13-5-3-4-12(10-13)14-11-18(8-9-19)7-6-17(14)2;2-1-3/h3-5,10,14,19H,6-9,11H2,1-2H3,(H,16,20);1H,(H,2,3). The van der Waals surface area contributed by atoms with Crippen molar-refractivity contribution < 1.29 is 19.8 Å². The van der Waals surface area contributed by atoms with Gasteiger partial charge in [0, 0.05) is 44.8 Å². The SMILES string of the molecule is CNC(=O)c1cccc(C2CN(CCO)CCN2C)c1.O=CO. The van der Waals surface area contributed by atoms with Gasteiger partial charge in [0.2, 0.25) is 0 Å². The summed E-state index contributed by atoms with van der Waals surface area (Å²) in [4.78, 5) is 24.7. The lowest BCUT2D eigenvalue weighted by molar-refractivity contribution is -0.122. The molecule has 1 aromatic rings. The highest BCUT2D eigenvalue weighted by Crippen LogP contribution is 2.24. The van der Waals surface area contributed by atoms with Crippen molar-refractivity contribution in [2.45, 2.75) is 6.04 Å². The fourth-order valence-electron chi connectivity index (χ4n) is 2.67. The molecule has 23 heavy (non-hydrogen) atoms. The summed E-state index contributed by atoms with van der Waals surface area (Å²) >= 11 is 0. The van der Waals surface area contributed by atoms with Crippen LogP contribution >= 0.6 is 0 Å². The summed E-state index contributed by atoms with van der Waals surface area (Å²) in [6, 6.07) is 8.05. The zero-order valence-electron chi connectivity index (χ0n) is 13.6. The molecule has 1 amide bonds. The van der Waals surface area contributed by atoms with Crippen LogP contribution < -0.4 is 5.32 Å². The van der Waals surface area contributed by atoms with Gasteiger partial charge in [0.15, 0.2) is 0 Å². The second kappa shape index (κ2) is 9.94. The van der Waals surface area contributed by atoms with Gasteiger partial charge >= 0.3 is 0 Å². The first-order valence-electron chi connectivity index (χ1n) is 7.50. The van der Waals surface area contributed by atoms with E-state index in [1.807, 2.05) is 18.2 Å². The number of aliphatic hydroxyl groups is 1. The average molecular weight is 323 g/mol. The maximum Gasteiger partial charge on any atom is 0.290 e. The molecule has 1 heterocycles. The monoisotopic (exact) mass is 323 g/mol. The maximum atomic E-state index is 11.7. The Hall–Kier alpha value is -1.96. The fourth-order valence-corrected chi connectivity index (χ4v) is 2.67. The van der Waals surface area contributed by atoms with E-state index in [4.69, 9.17) is 15.0 Å². The van der Waals surface area contributed by atoms with E-state index in [-0.39, 0.29) is 25.0 Å². The summed E-state index contributed by atoms with van der Waals surface area (Å²) in [6.07, 6.45) is 0. The molecule has 2 rings (SSSR count). The molecule has 7 heteroatoms. The molecule has 7 nitrogen and oxygen atoms in total. The summed E-state index contributed by atoms with van der Waals surface area (Å²) in [5.41, 5.74) is 1.84. The minimum absolute atomic E-state index is 0.0578. The zero-order valence-corrected chi connectivity index (χ0v) is 13.6. The number of carbonyl (C=O) groups excluding carboxylic acids is 1.